The molecule has 3 rings (SSSR count). The Balaban J connectivity index is 1.71. The van der Waals surface area contributed by atoms with Gasteiger partial charge in [-0.2, -0.15) is 0 Å². The van der Waals surface area contributed by atoms with E-state index in [1.165, 1.54) is 12.8 Å². The second-order valence-electron chi connectivity index (χ2n) is 6.31. The van der Waals surface area contributed by atoms with Gasteiger partial charge in [0, 0.05) is 29.4 Å². The summed E-state index contributed by atoms with van der Waals surface area (Å²) in [7, 11) is 1.63. The highest BCUT2D eigenvalue weighted by molar-refractivity contribution is 5.94. The first-order chi connectivity index (χ1) is 12.2. The van der Waals surface area contributed by atoms with Gasteiger partial charge >= 0.3 is 0 Å². The molecule has 0 spiro atoms. The summed E-state index contributed by atoms with van der Waals surface area (Å²) < 4.78 is 11.5. The summed E-state index contributed by atoms with van der Waals surface area (Å²) in [6.07, 6.45) is 4.81. The zero-order chi connectivity index (χ0) is 17.6. The van der Waals surface area contributed by atoms with Crippen molar-refractivity contribution >= 4 is 11.6 Å². The molecule has 1 aliphatic rings. The van der Waals surface area contributed by atoms with E-state index >= 15 is 0 Å². The molecular formula is C20H24N2O3. The number of carbonyl (C=O) groups excluding carboxylic acids is 1. The summed E-state index contributed by atoms with van der Waals surface area (Å²) in [5, 5.41) is 2.93. The highest BCUT2D eigenvalue weighted by atomic mass is 16.5. The van der Waals surface area contributed by atoms with E-state index in [9.17, 15) is 4.79 Å². The third kappa shape index (κ3) is 4.44. The number of hydrogen-bond acceptors (Lipinski definition) is 4. The van der Waals surface area contributed by atoms with E-state index in [0.717, 1.165) is 29.9 Å². The SMILES string of the molecule is COc1ccc(CNC(=O)c2cccc(N)c2)c(OC2CCCC2)c1. The molecule has 5 heteroatoms. The fourth-order valence-corrected chi connectivity index (χ4v) is 3.06. The van der Waals surface area contributed by atoms with Gasteiger partial charge in [-0.15, -0.1) is 0 Å². The zero-order valence-electron chi connectivity index (χ0n) is 14.5. The fourth-order valence-electron chi connectivity index (χ4n) is 3.06. The van der Waals surface area contributed by atoms with Crippen LogP contribution in [0.3, 0.4) is 0 Å². The number of nitrogens with two attached hydrogens (primary N) is 1. The van der Waals surface area contributed by atoms with Gasteiger partial charge in [-0.1, -0.05) is 6.07 Å². The summed E-state index contributed by atoms with van der Waals surface area (Å²) >= 11 is 0. The number of benzene rings is 2. The van der Waals surface area contributed by atoms with Crippen LogP contribution >= 0.6 is 0 Å². The lowest BCUT2D eigenvalue weighted by Crippen LogP contribution is -2.23. The standard InChI is InChI=1S/C20H24N2O3/c1-24-18-10-9-15(19(12-18)25-17-7-2-3-8-17)13-22-20(23)14-5-4-6-16(21)11-14/h4-6,9-12,17H,2-3,7-8,13,21H2,1H3,(H,22,23). The minimum absolute atomic E-state index is 0.157. The normalized spacial score (nSPS) is 14.3. The van der Waals surface area contributed by atoms with Crippen molar-refractivity contribution in [1.29, 1.82) is 0 Å². The van der Waals surface area contributed by atoms with Gasteiger partial charge in [0.05, 0.1) is 13.2 Å². The number of methoxy groups -OCH3 is 1. The van der Waals surface area contributed by atoms with Gasteiger partial charge in [0.25, 0.3) is 5.91 Å². The molecule has 0 unspecified atom stereocenters. The molecule has 0 bridgehead atoms. The Hall–Kier alpha value is -2.69. The van der Waals surface area contributed by atoms with Gasteiger partial charge in [-0.05, 0) is 56.0 Å². The predicted octanol–water partition coefficient (Wildman–Crippen LogP) is 3.53. The van der Waals surface area contributed by atoms with Crippen LogP contribution in [-0.4, -0.2) is 19.1 Å². The van der Waals surface area contributed by atoms with Gasteiger partial charge in [-0.3, -0.25) is 4.79 Å². The second kappa shape index (κ2) is 7.92. The third-order valence-electron chi connectivity index (χ3n) is 4.46. The molecule has 0 aromatic heterocycles. The van der Waals surface area contributed by atoms with Crippen molar-refractivity contribution in [1.82, 2.24) is 5.32 Å². The lowest BCUT2D eigenvalue weighted by molar-refractivity contribution is 0.0950. The number of ether oxygens (including phenoxy) is 2. The molecule has 0 saturated heterocycles. The van der Waals surface area contributed by atoms with Gasteiger partial charge < -0.3 is 20.5 Å². The van der Waals surface area contributed by atoms with Crippen molar-refractivity contribution in [3.05, 3.63) is 53.6 Å². The summed E-state index contributed by atoms with van der Waals surface area (Å²) in [4.78, 5) is 12.3. The van der Waals surface area contributed by atoms with Crippen LogP contribution in [0.5, 0.6) is 11.5 Å². The van der Waals surface area contributed by atoms with E-state index in [2.05, 4.69) is 5.32 Å². The van der Waals surface area contributed by atoms with Crippen LogP contribution in [0.1, 0.15) is 41.6 Å². The Morgan fingerprint density at radius 2 is 2.00 bits per heavy atom. The van der Waals surface area contributed by atoms with E-state index in [0.29, 0.717) is 17.8 Å². The monoisotopic (exact) mass is 340 g/mol. The number of amides is 1. The van der Waals surface area contributed by atoms with Gasteiger partial charge in [0.1, 0.15) is 11.5 Å². The average molecular weight is 340 g/mol. The number of hydrogen-bond donors (Lipinski definition) is 2. The maximum absolute atomic E-state index is 12.3. The topological polar surface area (TPSA) is 73.6 Å². The molecule has 1 saturated carbocycles. The largest absolute Gasteiger partial charge is 0.497 e. The maximum atomic E-state index is 12.3. The molecule has 0 aliphatic heterocycles. The molecule has 1 fully saturated rings. The van der Waals surface area contributed by atoms with Gasteiger partial charge in [-0.25, -0.2) is 0 Å². The van der Waals surface area contributed by atoms with Crippen LogP contribution in [0, 0.1) is 0 Å². The molecule has 2 aromatic rings. The van der Waals surface area contributed by atoms with Crippen molar-refractivity contribution in [3.8, 4) is 11.5 Å². The number of nitrogen functional groups attached to an aromatic ring is 1. The molecule has 25 heavy (non-hydrogen) atoms. The molecule has 1 aliphatic carbocycles. The van der Waals surface area contributed by atoms with Gasteiger partial charge in [0.15, 0.2) is 0 Å². The summed E-state index contributed by atoms with van der Waals surface area (Å²) in [6.45, 7) is 0.389. The van der Waals surface area contributed by atoms with E-state index in [1.807, 2.05) is 18.2 Å². The van der Waals surface area contributed by atoms with Crippen molar-refractivity contribution in [2.45, 2.75) is 38.3 Å². The van der Waals surface area contributed by atoms with E-state index < -0.39 is 0 Å². The van der Waals surface area contributed by atoms with Crippen LogP contribution in [-0.2, 0) is 6.54 Å². The predicted molar refractivity (Wildman–Crippen MR) is 97.9 cm³/mol. The van der Waals surface area contributed by atoms with Crippen molar-refractivity contribution < 1.29 is 14.3 Å². The van der Waals surface area contributed by atoms with Crippen molar-refractivity contribution in [2.24, 2.45) is 0 Å². The smallest absolute Gasteiger partial charge is 0.251 e. The minimum atomic E-state index is -0.157. The average Bonchev–Trinajstić information content (AvgIpc) is 3.13. The first-order valence-corrected chi connectivity index (χ1v) is 8.63. The summed E-state index contributed by atoms with van der Waals surface area (Å²) in [5.74, 6) is 1.37. The lowest BCUT2D eigenvalue weighted by atomic mass is 10.1. The van der Waals surface area contributed by atoms with E-state index in [-0.39, 0.29) is 12.0 Å². The quantitative estimate of drug-likeness (QED) is 0.789. The molecule has 2 aromatic carbocycles. The van der Waals surface area contributed by atoms with E-state index in [4.69, 9.17) is 15.2 Å². The molecule has 132 valence electrons. The molecule has 0 radical (unpaired) electrons. The minimum Gasteiger partial charge on any atom is -0.497 e. The van der Waals surface area contributed by atoms with Crippen molar-refractivity contribution in [2.75, 3.05) is 12.8 Å². The Labute approximate surface area is 148 Å². The van der Waals surface area contributed by atoms with Crippen LogP contribution in [0.4, 0.5) is 5.69 Å². The summed E-state index contributed by atoms with van der Waals surface area (Å²) in [6, 6.07) is 12.6. The van der Waals surface area contributed by atoms with Crippen LogP contribution in [0.15, 0.2) is 42.5 Å². The molecule has 0 atom stereocenters. The Morgan fingerprint density at radius 3 is 2.72 bits per heavy atom. The first kappa shape index (κ1) is 17.1. The highest BCUT2D eigenvalue weighted by Gasteiger charge is 2.18. The van der Waals surface area contributed by atoms with Crippen molar-refractivity contribution in [3.63, 3.8) is 0 Å². The summed E-state index contributed by atoms with van der Waals surface area (Å²) in [5.41, 5.74) is 7.79. The molecule has 1 amide bonds. The fraction of sp³-hybridized carbons (Fsp3) is 0.350. The zero-order valence-corrected chi connectivity index (χ0v) is 14.5. The van der Waals surface area contributed by atoms with E-state index in [1.54, 1.807) is 31.4 Å². The van der Waals surface area contributed by atoms with Crippen LogP contribution < -0.4 is 20.5 Å². The Kier molecular flexibility index (Phi) is 5.43. The second-order valence-corrected chi connectivity index (χ2v) is 6.31. The maximum Gasteiger partial charge on any atom is 0.251 e. The first-order valence-electron chi connectivity index (χ1n) is 8.63. The Morgan fingerprint density at radius 1 is 1.20 bits per heavy atom. The number of anilines is 1. The molecule has 0 heterocycles. The Bertz CT molecular complexity index is 739. The number of carbonyl (C=O) groups is 1. The molecule has 5 nitrogen and oxygen atoms in total. The molecular weight excluding hydrogens is 316 g/mol. The van der Waals surface area contributed by atoms with Crippen LogP contribution in [0.25, 0.3) is 0 Å². The number of nitrogens with one attached hydrogen (secondary N) is 1. The lowest BCUT2D eigenvalue weighted by Gasteiger charge is -2.18. The highest BCUT2D eigenvalue weighted by Crippen LogP contribution is 2.30. The van der Waals surface area contributed by atoms with Gasteiger partial charge in [0.2, 0.25) is 0 Å². The molecule has 3 N–H and O–H groups in total. The third-order valence-corrected chi connectivity index (χ3v) is 4.46. The van der Waals surface area contributed by atoms with Crippen LogP contribution in [0.2, 0.25) is 0 Å². The number of rotatable bonds is 6.